The fourth-order valence-corrected chi connectivity index (χ4v) is 2.02. The molecule has 0 aliphatic heterocycles. The molecule has 22 heavy (non-hydrogen) atoms. The molecule has 4 nitrogen and oxygen atoms in total. The van der Waals surface area contributed by atoms with Gasteiger partial charge in [-0.2, -0.15) is 0 Å². The van der Waals surface area contributed by atoms with Crippen molar-refractivity contribution in [3.05, 3.63) is 59.7 Å². The molecule has 0 fully saturated rings. The molecule has 0 spiro atoms. The van der Waals surface area contributed by atoms with Crippen LogP contribution in [0.1, 0.15) is 18.1 Å². The zero-order valence-electron chi connectivity index (χ0n) is 13.0. The summed E-state index contributed by atoms with van der Waals surface area (Å²) in [6.45, 7) is 5.01. The smallest absolute Gasteiger partial charge is 0.258 e. The number of amides is 1. The van der Waals surface area contributed by atoms with Gasteiger partial charge in [-0.1, -0.05) is 24.3 Å². The molecule has 0 aliphatic rings. The van der Waals surface area contributed by atoms with Gasteiger partial charge in [-0.25, -0.2) is 0 Å². The summed E-state index contributed by atoms with van der Waals surface area (Å²) in [6.07, 6.45) is 0. The number of carbonyl (C=O) groups excluding carboxylic acids is 1. The zero-order chi connectivity index (χ0) is 15.8. The highest BCUT2D eigenvalue weighted by Crippen LogP contribution is 2.13. The molecule has 2 aromatic rings. The van der Waals surface area contributed by atoms with E-state index < -0.39 is 0 Å². The van der Waals surface area contributed by atoms with Gasteiger partial charge in [0.2, 0.25) is 0 Å². The minimum atomic E-state index is -0.150. The number of hydrogen-bond acceptors (Lipinski definition) is 3. The molecule has 0 radical (unpaired) electrons. The molecular formula is C18H21NO3. The number of carbonyl (C=O) groups is 1. The second kappa shape index (κ2) is 8.08. The maximum Gasteiger partial charge on any atom is 0.258 e. The molecule has 0 saturated carbocycles. The van der Waals surface area contributed by atoms with E-state index in [0.29, 0.717) is 18.9 Å². The highest BCUT2D eigenvalue weighted by atomic mass is 16.5. The van der Waals surface area contributed by atoms with Gasteiger partial charge in [0.15, 0.2) is 6.61 Å². The van der Waals surface area contributed by atoms with Gasteiger partial charge in [0.05, 0.1) is 6.61 Å². The van der Waals surface area contributed by atoms with E-state index in [4.69, 9.17) is 9.47 Å². The standard InChI is InChI=1S/C18H21NO3/c1-3-21-17-9-5-7-15(11-17)12-19-18(20)13-22-16-8-4-6-14(2)10-16/h4-11H,3,12-13H2,1-2H3,(H,19,20). The van der Waals surface area contributed by atoms with Crippen LogP contribution < -0.4 is 14.8 Å². The van der Waals surface area contributed by atoms with Gasteiger partial charge in [-0.15, -0.1) is 0 Å². The highest BCUT2D eigenvalue weighted by molar-refractivity contribution is 5.77. The molecule has 0 bridgehead atoms. The van der Waals surface area contributed by atoms with Crippen molar-refractivity contribution in [1.82, 2.24) is 5.32 Å². The number of aryl methyl sites for hydroxylation is 1. The Kier molecular flexibility index (Phi) is 5.83. The van der Waals surface area contributed by atoms with Crippen molar-refractivity contribution in [1.29, 1.82) is 0 Å². The van der Waals surface area contributed by atoms with E-state index in [9.17, 15) is 4.79 Å². The molecule has 0 atom stereocenters. The van der Waals surface area contributed by atoms with E-state index in [-0.39, 0.29) is 12.5 Å². The van der Waals surface area contributed by atoms with Crippen molar-refractivity contribution < 1.29 is 14.3 Å². The predicted molar refractivity (Wildman–Crippen MR) is 86.1 cm³/mol. The fourth-order valence-electron chi connectivity index (χ4n) is 2.02. The van der Waals surface area contributed by atoms with Crippen LogP contribution in [0.15, 0.2) is 48.5 Å². The Labute approximate surface area is 131 Å². The van der Waals surface area contributed by atoms with Gasteiger partial charge in [0.1, 0.15) is 11.5 Å². The lowest BCUT2D eigenvalue weighted by molar-refractivity contribution is -0.123. The Morgan fingerprint density at radius 2 is 1.77 bits per heavy atom. The van der Waals surface area contributed by atoms with Crippen molar-refractivity contribution in [3.8, 4) is 11.5 Å². The molecule has 1 amide bonds. The molecule has 4 heteroatoms. The summed E-state index contributed by atoms with van der Waals surface area (Å²) >= 11 is 0. The normalized spacial score (nSPS) is 10.1. The molecule has 0 heterocycles. The number of nitrogens with one attached hydrogen (secondary N) is 1. The van der Waals surface area contributed by atoms with E-state index in [1.807, 2.05) is 62.4 Å². The van der Waals surface area contributed by atoms with Crippen molar-refractivity contribution >= 4 is 5.91 Å². The molecule has 0 unspecified atom stereocenters. The summed E-state index contributed by atoms with van der Waals surface area (Å²) in [5, 5.41) is 2.83. The lowest BCUT2D eigenvalue weighted by atomic mass is 10.2. The first-order valence-electron chi connectivity index (χ1n) is 7.35. The summed E-state index contributed by atoms with van der Waals surface area (Å²) in [4.78, 5) is 11.8. The first-order valence-corrected chi connectivity index (χ1v) is 7.35. The number of hydrogen-bond donors (Lipinski definition) is 1. The molecular weight excluding hydrogens is 278 g/mol. The lowest BCUT2D eigenvalue weighted by Crippen LogP contribution is -2.28. The first kappa shape index (κ1) is 15.9. The number of benzene rings is 2. The van der Waals surface area contributed by atoms with Crippen molar-refractivity contribution in [2.75, 3.05) is 13.2 Å². The second-order valence-corrected chi connectivity index (χ2v) is 4.96. The van der Waals surface area contributed by atoms with Crippen LogP contribution >= 0.6 is 0 Å². The maximum absolute atomic E-state index is 11.8. The second-order valence-electron chi connectivity index (χ2n) is 4.96. The third-order valence-electron chi connectivity index (χ3n) is 3.06. The van der Waals surface area contributed by atoms with E-state index in [1.165, 1.54) is 0 Å². The summed E-state index contributed by atoms with van der Waals surface area (Å²) < 4.78 is 10.9. The fraction of sp³-hybridized carbons (Fsp3) is 0.278. The number of ether oxygens (including phenoxy) is 2. The predicted octanol–water partition coefficient (Wildman–Crippen LogP) is 3.09. The zero-order valence-corrected chi connectivity index (χ0v) is 13.0. The molecule has 1 N–H and O–H groups in total. The van der Waals surface area contributed by atoms with Gasteiger partial charge < -0.3 is 14.8 Å². The maximum atomic E-state index is 11.8. The Balaban J connectivity index is 1.79. The Morgan fingerprint density at radius 3 is 2.50 bits per heavy atom. The largest absolute Gasteiger partial charge is 0.494 e. The van der Waals surface area contributed by atoms with Gasteiger partial charge >= 0.3 is 0 Å². The molecule has 2 aromatic carbocycles. The van der Waals surface area contributed by atoms with Crippen LogP contribution in [0.2, 0.25) is 0 Å². The quantitative estimate of drug-likeness (QED) is 0.854. The lowest BCUT2D eigenvalue weighted by Gasteiger charge is -2.09. The average Bonchev–Trinajstić information content (AvgIpc) is 2.52. The van der Waals surface area contributed by atoms with Crippen LogP contribution in [-0.4, -0.2) is 19.1 Å². The van der Waals surface area contributed by atoms with Gasteiger partial charge in [-0.3, -0.25) is 4.79 Å². The van der Waals surface area contributed by atoms with Crippen LogP contribution in [0.5, 0.6) is 11.5 Å². The summed E-state index contributed by atoms with van der Waals surface area (Å²) in [7, 11) is 0. The van der Waals surface area contributed by atoms with E-state index in [1.54, 1.807) is 0 Å². The Hall–Kier alpha value is -2.49. The molecule has 0 saturated heterocycles. The Morgan fingerprint density at radius 1 is 1.05 bits per heavy atom. The monoisotopic (exact) mass is 299 g/mol. The van der Waals surface area contributed by atoms with Crippen molar-refractivity contribution in [2.24, 2.45) is 0 Å². The topological polar surface area (TPSA) is 47.6 Å². The van der Waals surface area contributed by atoms with E-state index in [0.717, 1.165) is 16.9 Å². The Bertz CT molecular complexity index is 625. The third-order valence-corrected chi connectivity index (χ3v) is 3.06. The van der Waals surface area contributed by atoms with Gasteiger partial charge in [0, 0.05) is 6.54 Å². The molecule has 0 aliphatic carbocycles. The average molecular weight is 299 g/mol. The van der Waals surface area contributed by atoms with Crippen LogP contribution in [0.25, 0.3) is 0 Å². The van der Waals surface area contributed by atoms with Crippen LogP contribution in [0.3, 0.4) is 0 Å². The third kappa shape index (κ3) is 5.13. The van der Waals surface area contributed by atoms with E-state index >= 15 is 0 Å². The molecule has 2 rings (SSSR count). The van der Waals surface area contributed by atoms with Crippen molar-refractivity contribution in [2.45, 2.75) is 20.4 Å². The minimum absolute atomic E-state index is 0.00854. The molecule has 0 aromatic heterocycles. The first-order chi connectivity index (χ1) is 10.7. The summed E-state index contributed by atoms with van der Waals surface area (Å²) in [5.74, 6) is 1.36. The van der Waals surface area contributed by atoms with Crippen LogP contribution in [0, 0.1) is 6.92 Å². The van der Waals surface area contributed by atoms with Gasteiger partial charge in [-0.05, 0) is 49.2 Å². The summed E-state index contributed by atoms with van der Waals surface area (Å²) in [5.41, 5.74) is 2.10. The van der Waals surface area contributed by atoms with E-state index in [2.05, 4.69) is 5.32 Å². The molecule has 116 valence electrons. The van der Waals surface area contributed by atoms with Crippen molar-refractivity contribution in [3.63, 3.8) is 0 Å². The summed E-state index contributed by atoms with van der Waals surface area (Å²) in [6, 6.07) is 15.3. The van der Waals surface area contributed by atoms with Crippen LogP contribution in [-0.2, 0) is 11.3 Å². The van der Waals surface area contributed by atoms with Crippen LogP contribution in [0.4, 0.5) is 0 Å². The number of rotatable bonds is 7. The SMILES string of the molecule is CCOc1cccc(CNC(=O)COc2cccc(C)c2)c1. The highest BCUT2D eigenvalue weighted by Gasteiger charge is 2.04. The minimum Gasteiger partial charge on any atom is -0.494 e. The van der Waals surface area contributed by atoms with Gasteiger partial charge in [0.25, 0.3) is 5.91 Å².